The summed E-state index contributed by atoms with van der Waals surface area (Å²) >= 11 is 0. The molecule has 2 aromatic rings. The minimum Gasteiger partial charge on any atom is -0.454 e. The molecule has 22 heavy (non-hydrogen) atoms. The number of aromatic nitrogens is 1. The standard InChI is InChI=1S/C15H17N3O4/c1-3-18(15(19)16-14-6-10(2)22-17-14)8-11-4-5-12-13(7-11)21-9-20-12/h4-7H,3,8-9H2,1-2H3,(H,16,17,19). The molecule has 1 aliphatic heterocycles. The van der Waals surface area contributed by atoms with Crippen LogP contribution >= 0.6 is 0 Å². The van der Waals surface area contributed by atoms with Crippen molar-refractivity contribution in [3.63, 3.8) is 0 Å². The van der Waals surface area contributed by atoms with Gasteiger partial charge in [0, 0.05) is 19.2 Å². The molecule has 1 aliphatic rings. The van der Waals surface area contributed by atoms with Crippen molar-refractivity contribution >= 4 is 11.8 Å². The van der Waals surface area contributed by atoms with Crippen LogP contribution in [-0.4, -0.2) is 29.4 Å². The molecule has 0 bridgehead atoms. The van der Waals surface area contributed by atoms with E-state index in [1.54, 1.807) is 17.9 Å². The number of hydrogen-bond acceptors (Lipinski definition) is 5. The van der Waals surface area contributed by atoms with E-state index in [0.29, 0.717) is 30.4 Å². The van der Waals surface area contributed by atoms with Crippen LogP contribution < -0.4 is 14.8 Å². The maximum Gasteiger partial charge on any atom is 0.323 e. The van der Waals surface area contributed by atoms with Crippen molar-refractivity contribution in [1.82, 2.24) is 10.1 Å². The third-order valence-corrected chi connectivity index (χ3v) is 3.34. The van der Waals surface area contributed by atoms with E-state index in [4.69, 9.17) is 14.0 Å². The van der Waals surface area contributed by atoms with Gasteiger partial charge in [0.25, 0.3) is 0 Å². The fourth-order valence-electron chi connectivity index (χ4n) is 2.20. The van der Waals surface area contributed by atoms with Gasteiger partial charge >= 0.3 is 6.03 Å². The highest BCUT2D eigenvalue weighted by Gasteiger charge is 2.17. The Labute approximate surface area is 127 Å². The second-order valence-electron chi connectivity index (χ2n) is 4.95. The average Bonchev–Trinajstić information content (AvgIpc) is 3.12. The molecule has 1 aromatic heterocycles. The number of hydrogen-bond donors (Lipinski definition) is 1. The van der Waals surface area contributed by atoms with E-state index in [1.807, 2.05) is 25.1 Å². The van der Waals surface area contributed by atoms with Crippen molar-refractivity contribution in [3.8, 4) is 11.5 Å². The lowest BCUT2D eigenvalue weighted by atomic mass is 10.2. The van der Waals surface area contributed by atoms with Gasteiger partial charge in [0.2, 0.25) is 6.79 Å². The van der Waals surface area contributed by atoms with Gasteiger partial charge in [0.15, 0.2) is 17.3 Å². The highest BCUT2D eigenvalue weighted by molar-refractivity contribution is 5.88. The third-order valence-electron chi connectivity index (χ3n) is 3.34. The van der Waals surface area contributed by atoms with E-state index in [0.717, 1.165) is 11.3 Å². The minimum absolute atomic E-state index is 0.228. The number of nitrogens with one attached hydrogen (secondary N) is 1. The van der Waals surface area contributed by atoms with Gasteiger partial charge in [-0.3, -0.25) is 5.32 Å². The first kappa shape index (κ1) is 14.2. The van der Waals surface area contributed by atoms with Crippen molar-refractivity contribution < 1.29 is 18.8 Å². The van der Waals surface area contributed by atoms with Crippen molar-refractivity contribution in [3.05, 3.63) is 35.6 Å². The fraction of sp³-hybridized carbons (Fsp3) is 0.333. The average molecular weight is 303 g/mol. The maximum absolute atomic E-state index is 12.3. The summed E-state index contributed by atoms with van der Waals surface area (Å²) in [7, 11) is 0. The summed E-state index contributed by atoms with van der Waals surface area (Å²) in [6.07, 6.45) is 0. The smallest absolute Gasteiger partial charge is 0.323 e. The van der Waals surface area contributed by atoms with Crippen LogP contribution in [0, 0.1) is 6.92 Å². The number of rotatable bonds is 4. The number of amides is 2. The Morgan fingerprint density at radius 2 is 2.14 bits per heavy atom. The molecule has 0 spiro atoms. The molecule has 1 aromatic carbocycles. The van der Waals surface area contributed by atoms with Crippen LogP contribution in [-0.2, 0) is 6.54 Å². The molecule has 0 aliphatic carbocycles. The van der Waals surface area contributed by atoms with Gasteiger partial charge in [0.05, 0.1) is 0 Å². The molecule has 7 heteroatoms. The summed E-state index contributed by atoms with van der Waals surface area (Å²) in [5, 5.41) is 6.47. The zero-order chi connectivity index (χ0) is 15.5. The van der Waals surface area contributed by atoms with Gasteiger partial charge in [-0.05, 0) is 31.5 Å². The van der Waals surface area contributed by atoms with E-state index in [2.05, 4.69) is 10.5 Å². The number of urea groups is 1. The van der Waals surface area contributed by atoms with Crippen LogP contribution in [0.25, 0.3) is 0 Å². The van der Waals surface area contributed by atoms with Crippen molar-refractivity contribution in [1.29, 1.82) is 0 Å². The molecule has 3 rings (SSSR count). The molecule has 116 valence electrons. The van der Waals surface area contributed by atoms with Gasteiger partial charge in [-0.2, -0.15) is 0 Å². The summed E-state index contributed by atoms with van der Waals surface area (Å²) in [4.78, 5) is 13.9. The quantitative estimate of drug-likeness (QED) is 0.939. The predicted molar refractivity (Wildman–Crippen MR) is 78.9 cm³/mol. The summed E-state index contributed by atoms with van der Waals surface area (Å²) in [5.41, 5.74) is 0.970. The Kier molecular flexibility index (Phi) is 3.86. The van der Waals surface area contributed by atoms with Gasteiger partial charge in [-0.1, -0.05) is 11.2 Å². The van der Waals surface area contributed by atoms with Crippen LogP contribution in [0.1, 0.15) is 18.2 Å². The Morgan fingerprint density at radius 1 is 1.32 bits per heavy atom. The number of ether oxygens (including phenoxy) is 2. The summed E-state index contributed by atoms with van der Waals surface area (Å²) in [6, 6.07) is 7.10. The predicted octanol–water partition coefficient (Wildman–Crippen LogP) is 2.77. The second-order valence-corrected chi connectivity index (χ2v) is 4.95. The van der Waals surface area contributed by atoms with E-state index in [9.17, 15) is 4.79 Å². The first-order valence-electron chi connectivity index (χ1n) is 7.03. The van der Waals surface area contributed by atoms with Crippen LogP contribution in [0.3, 0.4) is 0 Å². The lowest BCUT2D eigenvalue weighted by molar-refractivity contribution is 0.174. The number of anilines is 1. The highest BCUT2D eigenvalue weighted by atomic mass is 16.7. The summed E-state index contributed by atoms with van der Waals surface area (Å²) < 4.78 is 15.6. The number of carbonyl (C=O) groups is 1. The van der Waals surface area contributed by atoms with Gasteiger partial charge in [-0.25, -0.2) is 4.79 Å². The van der Waals surface area contributed by atoms with Crippen LogP contribution in [0.5, 0.6) is 11.5 Å². The number of fused-ring (bicyclic) bond motifs is 1. The van der Waals surface area contributed by atoms with E-state index in [1.165, 1.54) is 0 Å². The topological polar surface area (TPSA) is 76.8 Å². The molecule has 2 heterocycles. The van der Waals surface area contributed by atoms with Crippen molar-refractivity contribution in [2.75, 3.05) is 18.7 Å². The Bertz CT molecular complexity index is 683. The molecular formula is C15H17N3O4. The Hall–Kier alpha value is -2.70. The zero-order valence-corrected chi connectivity index (χ0v) is 12.5. The van der Waals surface area contributed by atoms with Gasteiger partial charge in [0.1, 0.15) is 5.76 Å². The first-order chi connectivity index (χ1) is 10.7. The Balaban J connectivity index is 1.67. The number of benzene rings is 1. The first-order valence-corrected chi connectivity index (χ1v) is 7.03. The zero-order valence-electron chi connectivity index (χ0n) is 12.5. The molecule has 7 nitrogen and oxygen atoms in total. The molecule has 0 saturated heterocycles. The number of nitrogens with zero attached hydrogens (tertiary/aromatic N) is 2. The lowest BCUT2D eigenvalue weighted by Crippen LogP contribution is -2.34. The lowest BCUT2D eigenvalue weighted by Gasteiger charge is -2.20. The normalized spacial score (nSPS) is 12.3. The minimum atomic E-state index is -0.228. The molecule has 0 saturated carbocycles. The largest absolute Gasteiger partial charge is 0.454 e. The van der Waals surface area contributed by atoms with Crippen LogP contribution in [0.2, 0.25) is 0 Å². The number of carbonyl (C=O) groups excluding carboxylic acids is 1. The van der Waals surface area contributed by atoms with Crippen molar-refractivity contribution in [2.24, 2.45) is 0 Å². The van der Waals surface area contributed by atoms with Crippen LogP contribution in [0.4, 0.5) is 10.6 Å². The molecule has 0 radical (unpaired) electrons. The third kappa shape index (κ3) is 2.98. The van der Waals surface area contributed by atoms with E-state index in [-0.39, 0.29) is 12.8 Å². The second kappa shape index (κ2) is 5.97. The number of aryl methyl sites for hydroxylation is 1. The van der Waals surface area contributed by atoms with Crippen LogP contribution in [0.15, 0.2) is 28.8 Å². The molecule has 0 unspecified atom stereocenters. The summed E-state index contributed by atoms with van der Waals surface area (Å²) in [5.74, 6) is 2.50. The maximum atomic E-state index is 12.3. The molecule has 2 amide bonds. The van der Waals surface area contributed by atoms with Gasteiger partial charge < -0.3 is 18.9 Å². The molecule has 1 N–H and O–H groups in total. The van der Waals surface area contributed by atoms with E-state index < -0.39 is 0 Å². The van der Waals surface area contributed by atoms with Gasteiger partial charge in [-0.15, -0.1) is 0 Å². The Morgan fingerprint density at radius 3 is 2.86 bits per heavy atom. The highest BCUT2D eigenvalue weighted by Crippen LogP contribution is 2.32. The molecular weight excluding hydrogens is 286 g/mol. The summed E-state index contributed by atoms with van der Waals surface area (Å²) in [6.45, 7) is 4.96. The van der Waals surface area contributed by atoms with Crippen molar-refractivity contribution in [2.45, 2.75) is 20.4 Å². The fourth-order valence-corrected chi connectivity index (χ4v) is 2.20. The van der Waals surface area contributed by atoms with E-state index >= 15 is 0 Å². The SMILES string of the molecule is CCN(Cc1ccc2c(c1)OCO2)C(=O)Nc1cc(C)on1. The molecule has 0 fully saturated rings. The molecule has 0 atom stereocenters. The monoisotopic (exact) mass is 303 g/mol.